The Bertz CT molecular complexity index is 524. The third kappa shape index (κ3) is 2.56. The number of hydrogen-bond acceptors (Lipinski definition) is 5. The van der Waals surface area contributed by atoms with Crippen molar-refractivity contribution < 1.29 is 9.59 Å². The van der Waals surface area contributed by atoms with Crippen molar-refractivity contribution in [3.05, 3.63) is 21.9 Å². The molecule has 0 bridgehead atoms. The highest BCUT2D eigenvalue weighted by Gasteiger charge is 2.33. The van der Waals surface area contributed by atoms with Crippen LogP contribution in [0.25, 0.3) is 0 Å². The molecule has 18 heavy (non-hydrogen) atoms. The first-order valence-corrected chi connectivity index (χ1v) is 7.11. The Balaban J connectivity index is 2.26. The first-order valence-electron chi connectivity index (χ1n) is 5.35. The summed E-state index contributed by atoms with van der Waals surface area (Å²) in [6.45, 7) is 4.89. The molecule has 2 amide bonds. The Morgan fingerprint density at radius 2 is 2.17 bits per heavy atom. The number of carbonyl (C=O) groups is 2. The maximum atomic E-state index is 11.6. The van der Waals surface area contributed by atoms with Crippen LogP contribution < -0.4 is 5.32 Å². The second kappa shape index (κ2) is 5.11. The lowest BCUT2D eigenvalue weighted by molar-refractivity contribution is -0.129. The minimum atomic E-state index is -0.187. The first kappa shape index (κ1) is 13.1. The fourth-order valence-electron chi connectivity index (χ4n) is 1.57. The van der Waals surface area contributed by atoms with Gasteiger partial charge in [-0.2, -0.15) is 0 Å². The number of nitrogens with zero attached hydrogens (tertiary/aromatic N) is 2. The van der Waals surface area contributed by atoms with Crippen LogP contribution in [-0.2, 0) is 9.59 Å². The largest absolute Gasteiger partial charge is 0.304 e. The summed E-state index contributed by atoms with van der Waals surface area (Å²) < 4.78 is 0. The van der Waals surface area contributed by atoms with Gasteiger partial charge >= 0.3 is 0 Å². The van der Waals surface area contributed by atoms with Crippen molar-refractivity contribution in [2.45, 2.75) is 26.1 Å². The molecule has 1 aromatic heterocycles. The van der Waals surface area contributed by atoms with E-state index in [2.05, 4.69) is 10.4 Å². The van der Waals surface area contributed by atoms with E-state index < -0.39 is 0 Å². The molecule has 0 saturated carbocycles. The highest BCUT2D eigenvalue weighted by Crippen LogP contribution is 2.42. The van der Waals surface area contributed by atoms with Gasteiger partial charge in [0.25, 0.3) is 0 Å². The van der Waals surface area contributed by atoms with Crippen LogP contribution in [0, 0.1) is 6.92 Å². The first-order chi connectivity index (χ1) is 8.49. The summed E-state index contributed by atoms with van der Waals surface area (Å²) in [5.41, 5.74) is 1.13. The summed E-state index contributed by atoms with van der Waals surface area (Å²) in [4.78, 5) is 23.7. The van der Waals surface area contributed by atoms with Crippen LogP contribution in [0.4, 0.5) is 0 Å². The number of rotatable bonds is 1. The Kier molecular flexibility index (Phi) is 3.72. The van der Waals surface area contributed by atoms with Gasteiger partial charge < -0.3 is 5.32 Å². The third-order valence-electron chi connectivity index (χ3n) is 2.38. The molecule has 5 nitrogen and oxygen atoms in total. The number of hydrazone groups is 1. The molecule has 0 aliphatic carbocycles. The molecule has 1 aromatic rings. The van der Waals surface area contributed by atoms with Gasteiger partial charge in [-0.15, -0.1) is 16.4 Å². The zero-order valence-corrected chi connectivity index (χ0v) is 11.9. The maximum absolute atomic E-state index is 11.6. The molecule has 1 unspecified atom stereocenters. The fourth-order valence-corrected chi connectivity index (χ4v) is 3.91. The SMILES string of the molecule is CC(=O)NC1=NN(C(C)=O)C(c2sccc2C)S1. The molecule has 2 rings (SSSR count). The Labute approximate surface area is 113 Å². The highest BCUT2D eigenvalue weighted by molar-refractivity contribution is 8.14. The van der Waals surface area contributed by atoms with E-state index in [4.69, 9.17) is 0 Å². The topological polar surface area (TPSA) is 61.8 Å². The number of aryl methyl sites for hydroxylation is 1. The summed E-state index contributed by atoms with van der Waals surface area (Å²) >= 11 is 2.97. The van der Waals surface area contributed by atoms with Crippen LogP contribution in [0.2, 0.25) is 0 Å². The molecule has 96 valence electrons. The minimum absolute atomic E-state index is 0.138. The van der Waals surface area contributed by atoms with Crippen molar-refractivity contribution in [3.8, 4) is 0 Å². The third-order valence-corrected chi connectivity index (χ3v) is 4.66. The van der Waals surface area contributed by atoms with E-state index >= 15 is 0 Å². The second-order valence-corrected chi connectivity index (χ2v) is 5.90. The van der Waals surface area contributed by atoms with Gasteiger partial charge in [0.2, 0.25) is 11.8 Å². The van der Waals surface area contributed by atoms with Gasteiger partial charge in [-0.3, -0.25) is 9.59 Å². The minimum Gasteiger partial charge on any atom is -0.304 e. The van der Waals surface area contributed by atoms with E-state index in [9.17, 15) is 9.59 Å². The molecule has 7 heteroatoms. The maximum Gasteiger partial charge on any atom is 0.241 e. The van der Waals surface area contributed by atoms with Gasteiger partial charge in [-0.05, 0) is 23.9 Å². The predicted molar refractivity (Wildman–Crippen MR) is 73.2 cm³/mol. The lowest BCUT2D eigenvalue weighted by Crippen LogP contribution is -2.25. The van der Waals surface area contributed by atoms with Gasteiger partial charge in [-0.25, -0.2) is 5.01 Å². The summed E-state index contributed by atoms with van der Waals surface area (Å²) in [5.74, 6) is -0.325. The predicted octanol–water partition coefficient (Wildman–Crippen LogP) is 2.06. The van der Waals surface area contributed by atoms with Crippen LogP contribution >= 0.6 is 23.1 Å². The van der Waals surface area contributed by atoms with Crippen molar-refractivity contribution in [1.82, 2.24) is 10.3 Å². The molecular weight excluding hydrogens is 270 g/mol. The highest BCUT2D eigenvalue weighted by atomic mass is 32.2. The molecule has 0 aromatic carbocycles. The van der Waals surface area contributed by atoms with E-state index in [0.717, 1.165) is 10.4 Å². The van der Waals surface area contributed by atoms with Crippen LogP contribution in [0.15, 0.2) is 16.5 Å². The van der Waals surface area contributed by atoms with E-state index in [-0.39, 0.29) is 17.2 Å². The van der Waals surface area contributed by atoms with E-state index in [0.29, 0.717) is 5.17 Å². The Hall–Kier alpha value is -1.34. The Morgan fingerprint density at radius 3 is 2.67 bits per heavy atom. The number of amides is 2. The van der Waals surface area contributed by atoms with Crippen LogP contribution in [-0.4, -0.2) is 22.0 Å². The molecule has 0 saturated heterocycles. The number of thioether (sulfide) groups is 1. The quantitative estimate of drug-likeness (QED) is 0.858. The second-order valence-electron chi connectivity index (χ2n) is 3.89. The van der Waals surface area contributed by atoms with Crippen molar-refractivity contribution in [2.24, 2.45) is 5.10 Å². The molecule has 2 heterocycles. The lowest BCUT2D eigenvalue weighted by atomic mass is 10.3. The van der Waals surface area contributed by atoms with Crippen LogP contribution in [0.5, 0.6) is 0 Å². The summed E-state index contributed by atoms with van der Waals surface area (Å²) in [6.07, 6.45) is 0. The Morgan fingerprint density at radius 1 is 1.44 bits per heavy atom. The molecule has 0 radical (unpaired) electrons. The smallest absolute Gasteiger partial charge is 0.241 e. The number of thiophene rings is 1. The molecule has 1 atom stereocenters. The van der Waals surface area contributed by atoms with Gasteiger partial charge in [0, 0.05) is 18.7 Å². The zero-order valence-electron chi connectivity index (χ0n) is 10.3. The summed E-state index contributed by atoms with van der Waals surface area (Å²) in [6, 6.07) is 2.01. The van der Waals surface area contributed by atoms with Crippen molar-refractivity contribution in [2.75, 3.05) is 0 Å². The number of amidine groups is 1. The fraction of sp³-hybridized carbons (Fsp3) is 0.364. The lowest BCUT2D eigenvalue weighted by Gasteiger charge is -2.18. The summed E-state index contributed by atoms with van der Waals surface area (Å²) in [7, 11) is 0. The number of carbonyl (C=O) groups excluding carboxylic acids is 2. The molecular formula is C11H13N3O2S2. The summed E-state index contributed by atoms with van der Waals surface area (Å²) in [5, 5.41) is 10.5. The molecule has 0 spiro atoms. The van der Waals surface area contributed by atoms with Crippen LogP contribution in [0.1, 0.15) is 29.7 Å². The van der Waals surface area contributed by atoms with Gasteiger partial charge in [0.1, 0.15) is 5.37 Å². The zero-order chi connectivity index (χ0) is 13.3. The average Bonchev–Trinajstić information content (AvgIpc) is 2.83. The van der Waals surface area contributed by atoms with Crippen molar-refractivity contribution in [1.29, 1.82) is 0 Å². The number of nitrogens with one attached hydrogen (secondary N) is 1. The van der Waals surface area contributed by atoms with Gasteiger partial charge in [-0.1, -0.05) is 11.8 Å². The van der Waals surface area contributed by atoms with E-state index in [1.807, 2.05) is 18.4 Å². The van der Waals surface area contributed by atoms with Gasteiger partial charge in [0.05, 0.1) is 0 Å². The number of hydrogen-bond donors (Lipinski definition) is 1. The van der Waals surface area contributed by atoms with Crippen LogP contribution in [0.3, 0.4) is 0 Å². The molecule has 1 aliphatic heterocycles. The van der Waals surface area contributed by atoms with E-state index in [1.165, 1.54) is 30.6 Å². The molecule has 0 fully saturated rings. The molecule has 1 aliphatic rings. The van der Waals surface area contributed by atoms with Gasteiger partial charge in [0.15, 0.2) is 5.17 Å². The van der Waals surface area contributed by atoms with Crippen molar-refractivity contribution >= 4 is 40.1 Å². The normalized spacial score (nSPS) is 18.7. The standard InChI is InChI=1S/C11H13N3O2S2/c1-6-4-5-17-9(6)10-14(8(3)16)13-11(18-10)12-7(2)15/h4-5,10H,1-3H3,(H,12,13,15). The van der Waals surface area contributed by atoms with Crippen molar-refractivity contribution in [3.63, 3.8) is 0 Å². The monoisotopic (exact) mass is 283 g/mol. The molecule has 1 N–H and O–H groups in total. The van der Waals surface area contributed by atoms with E-state index in [1.54, 1.807) is 11.3 Å². The average molecular weight is 283 g/mol.